The van der Waals surface area contributed by atoms with Crippen LogP contribution in [-0.2, 0) is 5.72 Å². The molecule has 1 aliphatic heterocycles. The van der Waals surface area contributed by atoms with E-state index in [0.717, 1.165) is 33.9 Å². The van der Waals surface area contributed by atoms with Gasteiger partial charge < -0.3 is 5.11 Å². The summed E-state index contributed by atoms with van der Waals surface area (Å²) in [5.41, 5.74) is 3.41. The standard InChI is InChI=1S/C33H27N2O/c36-33(28-20-10-3-11-21-28)31(26-16-6-1-7-17-26)34(29-22-12-4-13-23-29)32(27-18-8-2-9-19-27)35(33)30-24-14-5-15-25-30/h1-25,31,36H/q+1. The molecule has 174 valence electrons. The molecule has 0 fully saturated rings. The molecule has 1 aliphatic rings. The fourth-order valence-corrected chi connectivity index (χ4v) is 5.29. The first-order valence-corrected chi connectivity index (χ1v) is 12.2. The molecule has 2 atom stereocenters. The van der Waals surface area contributed by atoms with Crippen LogP contribution in [0.4, 0.5) is 11.4 Å². The minimum atomic E-state index is -1.40. The second-order valence-electron chi connectivity index (χ2n) is 8.97. The van der Waals surface area contributed by atoms with Crippen LogP contribution in [0.15, 0.2) is 152 Å². The Labute approximate surface area is 211 Å². The molecule has 0 saturated heterocycles. The first-order valence-electron chi connectivity index (χ1n) is 12.2. The Kier molecular flexibility index (Phi) is 5.68. The minimum absolute atomic E-state index is 0.418. The van der Waals surface area contributed by atoms with Gasteiger partial charge in [-0.05, 0) is 36.4 Å². The van der Waals surface area contributed by atoms with Crippen molar-refractivity contribution in [3.8, 4) is 0 Å². The molecule has 0 spiro atoms. The van der Waals surface area contributed by atoms with Crippen LogP contribution in [0.5, 0.6) is 0 Å². The molecule has 36 heavy (non-hydrogen) atoms. The molecule has 1 heterocycles. The summed E-state index contributed by atoms with van der Waals surface area (Å²) in [7, 11) is 0. The maximum Gasteiger partial charge on any atom is 0.293 e. The van der Waals surface area contributed by atoms with Crippen molar-refractivity contribution in [2.45, 2.75) is 11.8 Å². The molecule has 1 N–H and O–H groups in total. The Bertz CT molecular complexity index is 1380. The highest BCUT2D eigenvalue weighted by atomic mass is 16.3. The minimum Gasteiger partial charge on any atom is -0.345 e. The van der Waals surface area contributed by atoms with Crippen molar-refractivity contribution < 1.29 is 9.68 Å². The second-order valence-corrected chi connectivity index (χ2v) is 8.97. The van der Waals surface area contributed by atoms with Crippen molar-refractivity contribution in [2.75, 3.05) is 4.90 Å². The summed E-state index contributed by atoms with van der Waals surface area (Å²) in [6.45, 7) is 0. The number of aliphatic hydroxyl groups is 1. The summed E-state index contributed by atoms with van der Waals surface area (Å²) in [6.07, 6.45) is 0. The van der Waals surface area contributed by atoms with Gasteiger partial charge in [0.15, 0.2) is 0 Å². The van der Waals surface area contributed by atoms with Gasteiger partial charge in [0.05, 0.1) is 5.56 Å². The molecule has 6 rings (SSSR count). The van der Waals surface area contributed by atoms with Gasteiger partial charge in [-0.1, -0.05) is 115 Å². The number of hydrogen-bond acceptors (Lipinski definition) is 2. The zero-order valence-corrected chi connectivity index (χ0v) is 19.9. The van der Waals surface area contributed by atoms with Gasteiger partial charge >= 0.3 is 0 Å². The lowest BCUT2D eigenvalue weighted by Gasteiger charge is -2.33. The average Bonchev–Trinajstić information content (AvgIpc) is 3.25. The number of rotatable bonds is 5. The van der Waals surface area contributed by atoms with Crippen molar-refractivity contribution in [1.29, 1.82) is 0 Å². The number of nitrogens with zero attached hydrogens (tertiary/aromatic N) is 2. The van der Waals surface area contributed by atoms with Crippen LogP contribution < -0.4 is 4.90 Å². The Hall–Kier alpha value is -4.47. The maximum atomic E-state index is 13.1. The molecular weight excluding hydrogens is 440 g/mol. The molecular formula is C33H27N2O+. The normalized spacial score (nSPS) is 19.5. The first kappa shape index (κ1) is 22.0. The number of hydrogen-bond donors (Lipinski definition) is 1. The smallest absolute Gasteiger partial charge is 0.293 e. The highest BCUT2D eigenvalue weighted by Crippen LogP contribution is 2.50. The van der Waals surface area contributed by atoms with Crippen molar-refractivity contribution in [2.24, 2.45) is 0 Å². The van der Waals surface area contributed by atoms with Gasteiger partial charge in [-0.25, -0.2) is 4.58 Å². The number of amidine groups is 1. The molecule has 3 nitrogen and oxygen atoms in total. The predicted octanol–water partition coefficient (Wildman–Crippen LogP) is 6.88. The van der Waals surface area contributed by atoms with E-state index in [0.29, 0.717) is 0 Å². The second kappa shape index (κ2) is 9.29. The molecule has 5 aromatic rings. The van der Waals surface area contributed by atoms with Crippen LogP contribution in [0.3, 0.4) is 0 Å². The fourth-order valence-electron chi connectivity index (χ4n) is 5.29. The van der Waals surface area contributed by atoms with E-state index in [1.165, 1.54) is 0 Å². The maximum absolute atomic E-state index is 13.1. The third kappa shape index (κ3) is 3.62. The lowest BCUT2D eigenvalue weighted by Crippen LogP contribution is -2.48. The summed E-state index contributed by atoms with van der Waals surface area (Å²) in [5, 5.41) is 13.1. The van der Waals surface area contributed by atoms with Crippen LogP contribution in [0.2, 0.25) is 0 Å². The number of benzene rings is 5. The van der Waals surface area contributed by atoms with E-state index >= 15 is 0 Å². The average molecular weight is 468 g/mol. The molecule has 0 aromatic heterocycles. The van der Waals surface area contributed by atoms with Gasteiger partial charge in [-0.2, -0.15) is 4.90 Å². The monoisotopic (exact) mass is 467 g/mol. The Morgan fingerprint density at radius 2 is 1.03 bits per heavy atom. The van der Waals surface area contributed by atoms with Crippen molar-refractivity contribution in [3.05, 3.63) is 168 Å². The van der Waals surface area contributed by atoms with E-state index in [2.05, 4.69) is 58.0 Å². The molecule has 0 radical (unpaired) electrons. The van der Waals surface area contributed by atoms with Crippen LogP contribution >= 0.6 is 0 Å². The molecule has 3 heteroatoms. The molecule has 2 unspecified atom stereocenters. The van der Waals surface area contributed by atoms with Gasteiger partial charge in [0.25, 0.3) is 11.6 Å². The lowest BCUT2D eigenvalue weighted by atomic mass is 9.88. The number of para-hydroxylation sites is 2. The third-order valence-corrected chi connectivity index (χ3v) is 6.82. The third-order valence-electron chi connectivity index (χ3n) is 6.82. The van der Waals surface area contributed by atoms with Crippen molar-refractivity contribution >= 4 is 17.2 Å². The summed E-state index contributed by atoms with van der Waals surface area (Å²) >= 11 is 0. The van der Waals surface area contributed by atoms with Crippen molar-refractivity contribution in [1.82, 2.24) is 0 Å². The SMILES string of the molecule is OC1(c2ccccc2)C(c2ccccc2)[N+](c2ccccc2)=C(c2ccccc2)N1c1ccccc1. The van der Waals surface area contributed by atoms with E-state index in [1.807, 2.05) is 103 Å². The summed E-state index contributed by atoms with van der Waals surface area (Å²) in [4.78, 5) is 2.10. The number of anilines is 1. The van der Waals surface area contributed by atoms with Crippen LogP contribution in [0.25, 0.3) is 0 Å². The molecule has 0 bridgehead atoms. The fraction of sp³-hybridized carbons (Fsp3) is 0.0606. The zero-order chi connectivity index (χ0) is 24.4. The Morgan fingerprint density at radius 1 is 0.556 bits per heavy atom. The van der Waals surface area contributed by atoms with E-state index < -0.39 is 11.8 Å². The summed E-state index contributed by atoms with van der Waals surface area (Å²) < 4.78 is 2.28. The van der Waals surface area contributed by atoms with Gasteiger partial charge in [0.1, 0.15) is 11.4 Å². The van der Waals surface area contributed by atoms with Crippen molar-refractivity contribution in [3.63, 3.8) is 0 Å². The lowest BCUT2D eigenvalue weighted by molar-refractivity contribution is -0.504. The summed E-state index contributed by atoms with van der Waals surface area (Å²) in [5.74, 6) is 0.924. The molecule has 0 amide bonds. The predicted molar refractivity (Wildman–Crippen MR) is 145 cm³/mol. The quantitative estimate of drug-likeness (QED) is 0.285. The van der Waals surface area contributed by atoms with E-state index in [4.69, 9.17) is 0 Å². The first-order chi connectivity index (χ1) is 17.8. The van der Waals surface area contributed by atoms with Crippen LogP contribution in [-0.4, -0.2) is 15.5 Å². The Morgan fingerprint density at radius 3 is 1.61 bits per heavy atom. The van der Waals surface area contributed by atoms with Gasteiger partial charge in [0, 0.05) is 11.1 Å². The Balaban J connectivity index is 1.76. The largest absolute Gasteiger partial charge is 0.345 e. The topological polar surface area (TPSA) is 26.5 Å². The van der Waals surface area contributed by atoms with Crippen LogP contribution in [0, 0.1) is 0 Å². The van der Waals surface area contributed by atoms with E-state index in [1.54, 1.807) is 0 Å². The summed E-state index contributed by atoms with van der Waals surface area (Å²) in [6, 6.07) is 50.7. The van der Waals surface area contributed by atoms with E-state index in [-0.39, 0.29) is 0 Å². The van der Waals surface area contributed by atoms with Gasteiger partial charge in [0.2, 0.25) is 6.04 Å². The molecule has 0 aliphatic carbocycles. The highest BCUT2D eigenvalue weighted by Gasteiger charge is 2.62. The van der Waals surface area contributed by atoms with Gasteiger partial charge in [-0.3, -0.25) is 0 Å². The van der Waals surface area contributed by atoms with Crippen LogP contribution in [0.1, 0.15) is 22.7 Å². The van der Waals surface area contributed by atoms with Gasteiger partial charge in [-0.15, -0.1) is 0 Å². The molecule has 0 saturated carbocycles. The zero-order valence-electron chi connectivity index (χ0n) is 19.9. The highest BCUT2D eigenvalue weighted by molar-refractivity contribution is 6.09. The van der Waals surface area contributed by atoms with E-state index in [9.17, 15) is 5.11 Å². The molecule has 5 aromatic carbocycles.